The summed E-state index contributed by atoms with van der Waals surface area (Å²) in [5.41, 5.74) is 7.29. The molecular formula is C13H21N3O. The van der Waals surface area contributed by atoms with Crippen molar-refractivity contribution >= 4 is 5.84 Å². The van der Waals surface area contributed by atoms with E-state index in [2.05, 4.69) is 4.90 Å². The summed E-state index contributed by atoms with van der Waals surface area (Å²) >= 11 is 0. The highest BCUT2D eigenvalue weighted by Gasteiger charge is 2.06. The van der Waals surface area contributed by atoms with Gasteiger partial charge < -0.3 is 15.4 Å². The van der Waals surface area contributed by atoms with E-state index in [1.807, 2.05) is 39.2 Å². The first-order chi connectivity index (χ1) is 8.00. The van der Waals surface area contributed by atoms with Gasteiger partial charge in [-0.05, 0) is 39.6 Å². The second-order valence-corrected chi connectivity index (χ2v) is 4.42. The van der Waals surface area contributed by atoms with Gasteiger partial charge in [-0.3, -0.25) is 5.41 Å². The zero-order valence-corrected chi connectivity index (χ0v) is 10.8. The number of hydrogen-bond acceptors (Lipinski definition) is 3. The zero-order chi connectivity index (χ0) is 12.8. The van der Waals surface area contributed by atoms with E-state index in [0.717, 1.165) is 18.5 Å². The second kappa shape index (κ2) is 6.25. The first-order valence-corrected chi connectivity index (χ1v) is 5.73. The maximum atomic E-state index is 7.51. The average Bonchev–Trinajstić information content (AvgIpc) is 2.25. The van der Waals surface area contributed by atoms with E-state index < -0.39 is 0 Å². The molecule has 0 aliphatic carbocycles. The minimum Gasteiger partial charge on any atom is -0.493 e. The van der Waals surface area contributed by atoms with Crippen molar-refractivity contribution in [2.45, 2.75) is 13.3 Å². The van der Waals surface area contributed by atoms with Crippen LogP contribution in [-0.2, 0) is 0 Å². The molecule has 0 aromatic heterocycles. The van der Waals surface area contributed by atoms with Crippen LogP contribution in [0.3, 0.4) is 0 Å². The molecule has 1 rings (SSSR count). The number of hydrogen-bond donors (Lipinski definition) is 2. The number of nitrogen functional groups attached to an aromatic ring is 1. The number of nitrogens with two attached hydrogens (primary N) is 1. The monoisotopic (exact) mass is 235 g/mol. The molecule has 0 radical (unpaired) electrons. The Hall–Kier alpha value is -1.55. The Morgan fingerprint density at radius 3 is 2.71 bits per heavy atom. The Morgan fingerprint density at radius 1 is 1.41 bits per heavy atom. The molecule has 0 unspecified atom stereocenters. The molecule has 0 spiro atoms. The Kier molecular flexibility index (Phi) is 4.97. The van der Waals surface area contributed by atoms with Gasteiger partial charge in [-0.1, -0.05) is 11.6 Å². The molecular weight excluding hydrogens is 214 g/mol. The summed E-state index contributed by atoms with van der Waals surface area (Å²) in [7, 11) is 4.07. The van der Waals surface area contributed by atoms with E-state index in [1.54, 1.807) is 0 Å². The van der Waals surface area contributed by atoms with Gasteiger partial charge in [0.15, 0.2) is 0 Å². The van der Waals surface area contributed by atoms with Crippen molar-refractivity contribution in [3.63, 3.8) is 0 Å². The molecule has 4 heteroatoms. The molecule has 1 aromatic carbocycles. The van der Waals surface area contributed by atoms with Gasteiger partial charge in [0.25, 0.3) is 0 Å². The van der Waals surface area contributed by atoms with Gasteiger partial charge in [-0.25, -0.2) is 0 Å². The van der Waals surface area contributed by atoms with Crippen LogP contribution < -0.4 is 10.5 Å². The fraction of sp³-hybridized carbons (Fsp3) is 0.462. The molecule has 0 saturated carbocycles. The molecule has 0 aliphatic heterocycles. The summed E-state index contributed by atoms with van der Waals surface area (Å²) in [4.78, 5) is 2.12. The molecule has 0 amide bonds. The predicted molar refractivity (Wildman–Crippen MR) is 70.9 cm³/mol. The van der Waals surface area contributed by atoms with Gasteiger partial charge >= 0.3 is 0 Å². The van der Waals surface area contributed by atoms with Gasteiger partial charge in [-0.2, -0.15) is 0 Å². The molecule has 0 heterocycles. The first kappa shape index (κ1) is 13.5. The Morgan fingerprint density at radius 2 is 2.12 bits per heavy atom. The summed E-state index contributed by atoms with van der Waals surface area (Å²) in [5, 5.41) is 7.51. The van der Waals surface area contributed by atoms with E-state index in [9.17, 15) is 0 Å². The molecule has 0 bridgehead atoms. The van der Waals surface area contributed by atoms with Crippen molar-refractivity contribution in [3.8, 4) is 5.75 Å². The van der Waals surface area contributed by atoms with E-state index in [0.29, 0.717) is 17.9 Å². The van der Waals surface area contributed by atoms with Gasteiger partial charge in [0.2, 0.25) is 0 Å². The third-order valence-corrected chi connectivity index (χ3v) is 2.43. The molecule has 17 heavy (non-hydrogen) atoms. The van der Waals surface area contributed by atoms with Gasteiger partial charge in [-0.15, -0.1) is 0 Å². The molecule has 1 aromatic rings. The molecule has 4 nitrogen and oxygen atoms in total. The number of nitrogens with zero attached hydrogens (tertiary/aromatic N) is 1. The SMILES string of the molecule is Cc1ccc(OCCCN(C)C)c(C(=N)N)c1. The van der Waals surface area contributed by atoms with Crippen molar-refractivity contribution in [2.75, 3.05) is 27.2 Å². The summed E-state index contributed by atoms with van der Waals surface area (Å²) < 4.78 is 5.66. The Bertz CT molecular complexity index is 388. The summed E-state index contributed by atoms with van der Waals surface area (Å²) in [6.07, 6.45) is 0.957. The molecule has 0 aliphatic rings. The van der Waals surface area contributed by atoms with Crippen molar-refractivity contribution in [1.29, 1.82) is 5.41 Å². The minimum absolute atomic E-state index is 0.0521. The first-order valence-electron chi connectivity index (χ1n) is 5.73. The lowest BCUT2D eigenvalue weighted by Gasteiger charge is -2.13. The summed E-state index contributed by atoms with van der Waals surface area (Å²) in [6, 6.07) is 5.72. The largest absolute Gasteiger partial charge is 0.493 e. The highest BCUT2D eigenvalue weighted by Crippen LogP contribution is 2.19. The number of nitrogens with one attached hydrogen (secondary N) is 1. The number of benzene rings is 1. The number of aryl methyl sites for hydroxylation is 1. The zero-order valence-electron chi connectivity index (χ0n) is 10.8. The Balaban J connectivity index is 2.61. The summed E-state index contributed by atoms with van der Waals surface area (Å²) in [5.74, 6) is 0.748. The van der Waals surface area contributed by atoms with Crippen molar-refractivity contribution in [2.24, 2.45) is 5.73 Å². The van der Waals surface area contributed by atoms with E-state index in [1.165, 1.54) is 0 Å². The fourth-order valence-corrected chi connectivity index (χ4v) is 1.54. The summed E-state index contributed by atoms with van der Waals surface area (Å²) in [6.45, 7) is 3.60. The van der Waals surface area contributed by atoms with Gasteiger partial charge in [0.1, 0.15) is 11.6 Å². The van der Waals surface area contributed by atoms with Crippen LogP contribution >= 0.6 is 0 Å². The molecule has 0 fully saturated rings. The molecule has 0 saturated heterocycles. The maximum absolute atomic E-state index is 7.51. The average molecular weight is 235 g/mol. The van der Waals surface area contributed by atoms with Crippen molar-refractivity contribution in [1.82, 2.24) is 4.90 Å². The lowest BCUT2D eigenvalue weighted by molar-refractivity contribution is 0.281. The third-order valence-electron chi connectivity index (χ3n) is 2.43. The lowest BCUT2D eigenvalue weighted by Crippen LogP contribution is -2.17. The topological polar surface area (TPSA) is 62.3 Å². The fourth-order valence-electron chi connectivity index (χ4n) is 1.54. The van der Waals surface area contributed by atoms with Crippen molar-refractivity contribution in [3.05, 3.63) is 29.3 Å². The van der Waals surface area contributed by atoms with Crippen LogP contribution in [0.1, 0.15) is 17.5 Å². The highest BCUT2D eigenvalue weighted by atomic mass is 16.5. The van der Waals surface area contributed by atoms with E-state index in [-0.39, 0.29) is 5.84 Å². The Labute approximate surface area is 103 Å². The van der Waals surface area contributed by atoms with E-state index in [4.69, 9.17) is 15.9 Å². The minimum atomic E-state index is 0.0521. The quantitative estimate of drug-likeness (QED) is 0.447. The van der Waals surface area contributed by atoms with Crippen LogP contribution in [-0.4, -0.2) is 38.0 Å². The standard InChI is InChI=1S/C13H21N3O/c1-10-5-6-12(11(9-10)13(14)15)17-8-4-7-16(2)3/h5-6,9H,4,7-8H2,1-3H3,(H3,14,15). The van der Waals surface area contributed by atoms with E-state index >= 15 is 0 Å². The number of ether oxygens (including phenoxy) is 1. The van der Waals surface area contributed by atoms with Crippen LogP contribution in [0.5, 0.6) is 5.75 Å². The normalized spacial score (nSPS) is 10.6. The van der Waals surface area contributed by atoms with Crippen molar-refractivity contribution < 1.29 is 4.74 Å². The van der Waals surface area contributed by atoms with Crippen LogP contribution in [0.2, 0.25) is 0 Å². The van der Waals surface area contributed by atoms with Crippen LogP contribution in [0, 0.1) is 12.3 Å². The van der Waals surface area contributed by atoms with Crippen LogP contribution in [0.4, 0.5) is 0 Å². The van der Waals surface area contributed by atoms with Gasteiger partial charge in [0.05, 0.1) is 12.2 Å². The van der Waals surface area contributed by atoms with Crippen LogP contribution in [0.15, 0.2) is 18.2 Å². The molecule has 0 atom stereocenters. The second-order valence-electron chi connectivity index (χ2n) is 4.42. The highest BCUT2D eigenvalue weighted by molar-refractivity contribution is 5.97. The molecule has 94 valence electrons. The number of rotatable bonds is 6. The van der Waals surface area contributed by atoms with Crippen LogP contribution in [0.25, 0.3) is 0 Å². The lowest BCUT2D eigenvalue weighted by atomic mass is 10.1. The number of amidine groups is 1. The maximum Gasteiger partial charge on any atom is 0.130 e. The predicted octanol–water partition coefficient (Wildman–Crippen LogP) is 1.61. The third kappa shape index (κ3) is 4.44. The molecule has 3 N–H and O–H groups in total. The van der Waals surface area contributed by atoms with Gasteiger partial charge in [0, 0.05) is 6.54 Å². The smallest absolute Gasteiger partial charge is 0.130 e.